The molecular weight excluding hydrogens is 693 g/mol. The highest BCUT2D eigenvalue weighted by Crippen LogP contribution is 2.40. The molecule has 0 unspecified atom stereocenters. The predicted octanol–water partition coefficient (Wildman–Crippen LogP) is 13.6. The number of hydrogen-bond acceptors (Lipinski definition) is 4. The van der Waals surface area contributed by atoms with Gasteiger partial charge in [0.2, 0.25) is 0 Å². The number of aromatic nitrogens is 4. The Bertz CT molecular complexity index is 2940. The first kappa shape index (κ1) is 34.0. The number of benzene rings is 8. The summed E-state index contributed by atoms with van der Waals surface area (Å²) in [5, 5.41) is 4.80. The minimum atomic E-state index is 0.622. The minimum Gasteiger partial charge on any atom is -0.262 e. The first-order valence-electron chi connectivity index (χ1n) is 19.2. The van der Waals surface area contributed by atoms with E-state index in [1.165, 1.54) is 43.8 Å². The molecule has 0 saturated carbocycles. The van der Waals surface area contributed by atoms with Crippen molar-refractivity contribution in [2.45, 2.75) is 6.92 Å². The van der Waals surface area contributed by atoms with Crippen LogP contribution in [0, 0.1) is 6.92 Å². The van der Waals surface area contributed by atoms with E-state index in [9.17, 15) is 0 Å². The lowest BCUT2D eigenvalue weighted by atomic mass is 9.89. The molecule has 0 aliphatic heterocycles. The van der Waals surface area contributed by atoms with E-state index in [1.807, 2.05) is 73.8 Å². The Morgan fingerprint density at radius 3 is 1.25 bits per heavy atom. The first-order chi connectivity index (χ1) is 28.1. The zero-order valence-electron chi connectivity index (χ0n) is 31.3. The van der Waals surface area contributed by atoms with E-state index < -0.39 is 0 Å². The molecule has 268 valence electrons. The van der Waals surface area contributed by atoms with Crippen molar-refractivity contribution in [2.24, 2.45) is 0 Å². The summed E-state index contributed by atoms with van der Waals surface area (Å²) in [6.45, 7) is 2.02. The molecule has 10 aromatic rings. The van der Waals surface area contributed by atoms with Crippen molar-refractivity contribution in [3.63, 3.8) is 0 Å². The molecule has 4 heteroatoms. The molecular formula is C53H36N4. The van der Waals surface area contributed by atoms with Crippen molar-refractivity contribution < 1.29 is 0 Å². The molecule has 0 aliphatic rings. The van der Waals surface area contributed by atoms with Crippen LogP contribution in [0.2, 0.25) is 0 Å². The van der Waals surface area contributed by atoms with Crippen LogP contribution in [0.3, 0.4) is 0 Å². The van der Waals surface area contributed by atoms with Gasteiger partial charge in [0.1, 0.15) is 0 Å². The van der Waals surface area contributed by atoms with Gasteiger partial charge in [0.15, 0.2) is 17.5 Å². The van der Waals surface area contributed by atoms with Gasteiger partial charge in [-0.3, -0.25) is 4.98 Å². The van der Waals surface area contributed by atoms with E-state index in [2.05, 4.69) is 138 Å². The molecule has 0 spiro atoms. The van der Waals surface area contributed by atoms with E-state index in [-0.39, 0.29) is 0 Å². The molecule has 0 saturated heterocycles. The molecule has 0 amide bonds. The van der Waals surface area contributed by atoms with Crippen LogP contribution in [0.25, 0.3) is 100 Å². The maximum Gasteiger partial charge on any atom is 0.164 e. The molecule has 2 heterocycles. The molecule has 0 atom stereocenters. The van der Waals surface area contributed by atoms with E-state index >= 15 is 0 Å². The van der Waals surface area contributed by atoms with Crippen molar-refractivity contribution in [3.05, 3.63) is 206 Å². The third kappa shape index (κ3) is 6.75. The fraction of sp³-hybridized carbons (Fsp3) is 0.0189. The standard InChI is InChI=1S/C53H36N4/c1-35-30-42(28-29-54-35)38-24-20-36(21-25-38)37-22-26-39(27-23-37)45-32-46(50-48-18-10-8-16-43(48)31-44-17-9-11-19-49(44)50)34-47(33-45)53-56-51(40-12-4-2-5-13-40)55-52(57-53)41-14-6-3-7-15-41/h2-34H,1H3. The molecule has 0 fully saturated rings. The fourth-order valence-electron chi connectivity index (χ4n) is 7.77. The topological polar surface area (TPSA) is 51.6 Å². The molecule has 0 N–H and O–H groups in total. The van der Waals surface area contributed by atoms with Crippen LogP contribution in [0.1, 0.15) is 5.69 Å². The zero-order chi connectivity index (χ0) is 38.1. The van der Waals surface area contributed by atoms with Crippen LogP contribution >= 0.6 is 0 Å². The Hall–Kier alpha value is -7.56. The Balaban J connectivity index is 1.14. The SMILES string of the molecule is Cc1cc(-c2ccc(-c3ccc(-c4cc(-c5nc(-c6ccccc6)nc(-c6ccccc6)n5)cc(-c5c6ccccc6cc6ccccc56)c4)cc3)cc2)ccn1. The normalized spacial score (nSPS) is 11.2. The third-order valence-corrected chi connectivity index (χ3v) is 10.6. The van der Waals surface area contributed by atoms with Crippen molar-refractivity contribution in [2.75, 3.05) is 0 Å². The first-order valence-corrected chi connectivity index (χ1v) is 19.2. The number of pyridine rings is 1. The quantitative estimate of drug-likeness (QED) is 0.153. The Morgan fingerprint density at radius 2 is 0.719 bits per heavy atom. The maximum atomic E-state index is 5.16. The number of rotatable bonds is 7. The summed E-state index contributed by atoms with van der Waals surface area (Å²) in [7, 11) is 0. The summed E-state index contributed by atoms with van der Waals surface area (Å²) < 4.78 is 0. The summed E-state index contributed by atoms with van der Waals surface area (Å²) in [5.41, 5.74) is 13.0. The van der Waals surface area contributed by atoms with Gasteiger partial charge in [-0.1, -0.05) is 158 Å². The van der Waals surface area contributed by atoms with Gasteiger partial charge in [0, 0.05) is 28.6 Å². The zero-order valence-corrected chi connectivity index (χ0v) is 31.3. The minimum absolute atomic E-state index is 0.622. The van der Waals surface area contributed by atoms with E-state index in [4.69, 9.17) is 15.0 Å². The Morgan fingerprint density at radius 1 is 0.298 bits per heavy atom. The van der Waals surface area contributed by atoms with Crippen LogP contribution in [0.5, 0.6) is 0 Å². The molecule has 2 aromatic heterocycles. The molecule has 0 radical (unpaired) electrons. The second kappa shape index (κ2) is 14.6. The van der Waals surface area contributed by atoms with Crippen LogP contribution in [0.4, 0.5) is 0 Å². The second-order valence-corrected chi connectivity index (χ2v) is 14.4. The number of aryl methyl sites for hydroxylation is 1. The summed E-state index contributed by atoms with van der Waals surface area (Å²) in [6, 6.07) is 68.5. The molecule has 4 nitrogen and oxygen atoms in total. The number of hydrogen-bond donors (Lipinski definition) is 0. The smallest absolute Gasteiger partial charge is 0.164 e. The van der Waals surface area contributed by atoms with Crippen molar-refractivity contribution in [1.82, 2.24) is 19.9 Å². The number of nitrogens with zero attached hydrogens (tertiary/aromatic N) is 4. The van der Waals surface area contributed by atoms with E-state index in [1.54, 1.807) is 0 Å². The average molecular weight is 729 g/mol. The lowest BCUT2D eigenvalue weighted by Crippen LogP contribution is -2.00. The van der Waals surface area contributed by atoms with Gasteiger partial charge in [-0.2, -0.15) is 0 Å². The van der Waals surface area contributed by atoms with Gasteiger partial charge < -0.3 is 0 Å². The highest BCUT2D eigenvalue weighted by Gasteiger charge is 2.17. The largest absolute Gasteiger partial charge is 0.262 e. The summed E-state index contributed by atoms with van der Waals surface area (Å²) in [4.78, 5) is 19.7. The molecule has 10 rings (SSSR count). The van der Waals surface area contributed by atoms with Crippen LogP contribution in [-0.2, 0) is 0 Å². The highest BCUT2D eigenvalue weighted by molar-refractivity contribution is 6.13. The Labute approximate surface area is 331 Å². The maximum absolute atomic E-state index is 5.16. The van der Waals surface area contributed by atoms with Crippen molar-refractivity contribution >= 4 is 21.5 Å². The molecule has 57 heavy (non-hydrogen) atoms. The van der Waals surface area contributed by atoms with Crippen LogP contribution in [-0.4, -0.2) is 19.9 Å². The van der Waals surface area contributed by atoms with Gasteiger partial charge >= 0.3 is 0 Å². The summed E-state index contributed by atoms with van der Waals surface area (Å²) in [6.07, 6.45) is 1.87. The van der Waals surface area contributed by atoms with Gasteiger partial charge in [-0.05, 0) is 109 Å². The lowest BCUT2D eigenvalue weighted by molar-refractivity contribution is 1.07. The summed E-state index contributed by atoms with van der Waals surface area (Å²) >= 11 is 0. The third-order valence-electron chi connectivity index (χ3n) is 10.6. The Kier molecular flexibility index (Phi) is 8.69. The molecule has 0 bridgehead atoms. The van der Waals surface area contributed by atoms with Gasteiger partial charge in [0.05, 0.1) is 0 Å². The van der Waals surface area contributed by atoms with Crippen LogP contribution in [0.15, 0.2) is 200 Å². The lowest BCUT2D eigenvalue weighted by Gasteiger charge is -2.16. The summed E-state index contributed by atoms with van der Waals surface area (Å²) in [5.74, 6) is 1.89. The number of fused-ring (bicyclic) bond motifs is 2. The van der Waals surface area contributed by atoms with Crippen LogP contribution < -0.4 is 0 Å². The van der Waals surface area contributed by atoms with E-state index in [0.29, 0.717) is 17.5 Å². The van der Waals surface area contributed by atoms with Crippen molar-refractivity contribution in [1.29, 1.82) is 0 Å². The van der Waals surface area contributed by atoms with Gasteiger partial charge in [-0.15, -0.1) is 0 Å². The monoisotopic (exact) mass is 728 g/mol. The highest BCUT2D eigenvalue weighted by atomic mass is 15.0. The van der Waals surface area contributed by atoms with E-state index in [0.717, 1.165) is 44.6 Å². The van der Waals surface area contributed by atoms with Gasteiger partial charge in [0.25, 0.3) is 0 Å². The fourth-order valence-corrected chi connectivity index (χ4v) is 7.77. The van der Waals surface area contributed by atoms with Crippen molar-refractivity contribution in [3.8, 4) is 78.7 Å². The van der Waals surface area contributed by atoms with Gasteiger partial charge in [-0.25, -0.2) is 15.0 Å². The second-order valence-electron chi connectivity index (χ2n) is 14.4. The molecule has 0 aliphatic carbocycles. The predicted molar refractivity (Wildman–Crippen MR) is 235 cm³/mol. The average Bonchev–Trinajstić information content (AvgIpc) is 3.28. The molecule has 8 aromatic carbocycles.